The van der Waals surface area contributed by atoms with Crippen LogP contribution in [0.1, 0.15) is 20.3 Å². The minimum absolute atomic E-state index is 0.0199. The second kappa shape index (κ2) is 7.97. The normalized spacial score (nSPS) is 11.8. The van der Waals surface area contributed by atoms with Gasteiger partial charge in [0.25, 0.3) is 5.91 Å². The van der Waals surface area contributed by atoms with Crippen LogP contribution in [0.4, 0.5) is 4.39 Å². The number of ether oxygens (including phenoxy) is 1. The van der Waals surface area contributed by atoms with Crippen LogP contribution in [0.25, 0.3) is 0 Å². The minimum Gasteiger partial charge on any atom is -0.481 e. The highest BCUT2D eigenvalue weighted by Crippen LogP contribution is 2.21. The van der Waals surface area contributed by atoms with Gasteiger partial charge >= 0.3 is 5.97 Å². The van der Waals surface area contributed by atoms with Crippen LogP contribution in [0.3, 0.4) is 0 Å². The molecule has 21 heavy (non-hydrogen) atoms. The first kappa shape index (κ1) is 17.4. The molecule has 0 saturated heterocycles. The first-order valence-electron chi connectivity index (χ1n) is 6.44. The van der Waals surface area contributed by atoms with Crippen LogP contribution in [0, 0.1) is 5.82 Å². The quantitative estimate of drug-likeness (QED) is 0.810. The fourth-order valence-corrected chi connectivity index (χ4v) is 2.24. The molecule has 1 atom stereocenters. The number of aliphatic carboxylic acids is 1. The number of carboxylic acid groups (broad SMARTS) is 1. The van der Waals surface area contributed by atoms with Crippen molar-refractivity contribution in [3.05, 3.63) is 28.5 Å². The predicted molar refractivity (Wildman–Crippen MR) is 78.7 cm³/mol. The van der Waals surface area contributed by atoms with Crippen molar-refractivity contribution in [1.82, 2.24) is 4.90 Å². The lowest BCUT2D eigenvalue weighted by molar-refractivity contribution is -0.141. The average molecular weight is 362 g/mol. The summed E-state index contributed by atoms with van der Waals surface area (Å²) in [5.41, 5.74) is 0. The molecule has 0 heterocycles. The summed E-state index contributed by atoms with van der Waals surface area (Å²) in [5, 5.41) is 8.76. The van der Waals surface area contributed by atoms with E-state index in [1.165, 1.54) is 17.0 Å². The molecule has 1 rings (SSSR count). The molecule has 1 N–H and O–H groups in total. The van der Waals surface area contributed by atoms with Gasteiger partial charge < -0.3 is 14.7 Å². The molecule has 0 radical (unpaired) electrons. The highest BCUT2D eigenvalue weighted by molar-refractivity contribution is 9.10. The fourth-order valence-electron chi connectivity index (χ4n) is 1.91. The molecule has 0 aromatic heterocycles. The summed E-state index contributed by atoms with van der Waals surface area (Å²) in [4.78, 5) is 24.1. The second-order valence-electron chi connectivity index (χ2n) is 4.49. The van der Waals surface area contributed by atoms with Gasteiger partial charge in [-0.2, -0.15) is 0 Å². The number of carboxylic acids is 1. The van der Waals surface area contributed by atoms with Crippen molar-refractivity contribution in [1.29, 1.82) is 0 Å². The van der Waals surface area contributed by atoms with Crippen molar-refractivity contribution >= 4 is 27.8 Å². The molecule has 0 bridgehead atoms. The van der Waals surface area contributed by atoms with E-state index in [0.717, 1.165) is 0 Å². The molecular weight excluding hydrogens is 345 g/mol. The standard InChI is InChI=1S/C14H17BrFNO4/c1-3-17(9(2)6-14(19)20)13(18)8-21-12-5-4-10(15)7-11(12)16/h4-5,7,9H,3,6,8H2,1-2H3,(H,19,20). The molecule has 0 spiro atoms. The fraction of sp³-hybridized carbons (Fsp3) is 0.429. The van der Waals surface area contributed by atoms with Gasteiger partial charge in [0.2, 0.25) is 0 Å². The maximum Gasteiger partial charge on any atom is 0.305 e. The van der Waals surface area contributed by atoms with Crippen molar-refractivity contribution in [3.63, 3.8) is 0 Å². The zero-order valence-electron chi connectivity index (χ0n) is 11.8. The molecular formula is C14H17BrFNO4. The highest BCUT2D eigenvalue weighted by Gasteiger charge is 2.21. The number of rotatable bonds is 7. The third-order valence-corrected chi connectivity index (χ3v) is 3.40. The van der Waals surface area contributed by atoms with E-state index in [1.807, 2.05) is 0 Å². The van der Waals surface area contributed by atoms with Crippen LogP contribution in [-0.4, -0.2) is 41.1 Å². The topological polar surface area (TPSA) is 66.8 Å². The van der Waals surface area contributed by atoms with Gasteiger partial charge in [-0.15, -0.1) is 0 Å². The molecule has 0 aliphatic heterocycles. The Bertz CT molecular complexity index is 524. The number of benzene rings is 1. The number of nitrogens with zero attached hydrogens (tertiary/aromatic N) is 1. The van der Waals surface area contributed by atoms with Crippen molar-refractivity contribution in [2.24, 2.45) is 0 Å². The molecule has 0 aliphatic carbocycles. The van der Waals surface area contributed by atoms with Crippen LogP contribution in [0.2, 0.25) is 0 Å². The van der Waals surface area contributed by atoms with Crippen molar-refractivity contribution < 1.29 is 23.8 Å². The van der Waals surface area contributed by atoms with Crippen LogP contribution in [0.15, 0.2) is 22.7 Å². The van der Waals surface area contributed by atoms with Gasteiger partial charge in [0.15, 0.2) is 18.2 Å². The molecule has 1 aromatic rings. The SMILES string of the molecule is CCN(C(=O)COc1ccc(Br)cc1F)C(C)CC(=O)O. The molecule has 1 amide bonds. The monoisotopic (exact) mass is 361 g/mol. The zero-order chi connectivity index (χ0) is 16.0. The zero-order valence-corrected chi connectivity index (χ0v) is 13.4. The number of halogens is 2. The number of carbonyl (C=O) groups is 2. The van der Waals surface area contributed by atoms with Crippen molar-refractivity contribution in [2.45, 2.75) is 26.3 Å². The molecule has 0 saturated carbocycles. The smallest absolute Gasteiger partial charge is 0.305 e. The van der Waals surface area contributed by atoms with E-state index in [2.05, 4.69) is 15.9 Å². The van der Waals surface area contributed by atoms with Gasteiger partial charge in [-0.05, 0) is 32.0 Å². The Morgan fingerprint density at radius 2 is 2.14 bits per heavy atom. The number of likely N-dealkylation sites (N-methyl/N-ethyl adjacent to an activating group) is 1. The molecule has 0 fully saturated rings. The Hall–Kier alpha value is -1.63. The van der Waals surface area contributed by atoms with Gasteiger partial charge in [-0.25, -0.2) is 4.39 Å². The van der Waals surface area contributed by atoms with E-state index < -0.39 is 17.8 Å². The lowest BCUT2D eigenvalue weighted by atomic mass is 10.2. The summed E-state index contributed by atoms with van der Waals surface area (Å²) in [6.07, 6.45) is -0.147. The van der Waals surface area contributed by atoms with Crippen molar-refractivity contribution in [3.8, 4) is 5.75 Å². The van der Waals surface area contributed by atoms with E-state index >= 15 is 0 Å². The van der Waals surface area contributed by atoms with E-state index in [9.17, 15) is 14.0 Å². The number of amides is 1. The maximum absolute atomic E-state index is 13.6. The van der Waals surface area contributed by atoms with Crippen LogP contribution in [-0.2, 0) is 9.59 Å². The molecule has 116 valence electrons. The molecule has 5 nitrogen and oxygen atoms in total. The maximum atomic E-state index is 13.6. The molecule has 1 aromatic carbocycles. The van der Waals surface area contributed by atoms with Gasteiger partial charge in [0.05, 0.1) is 6.42 Å². The Morgan fingerprint density at radius 3 is 2.67 bits per heavy atom. The summed E-state index contributed by atoms with van der Waals surface area (Å²) in [5.74, 6) is -1.95. The van der Waals surface area contributed by atoms with Crippen LogP contribution in [0.5, 0.6) is 5.75 Å². The van der Waals surface area contributed by atoms with E-state index in [0.29, 0.717) is 11.0 Å². The Labute approximate surface area is 130 Å². The first-order chi connectivity index (χ1) is 9.85. The summed E-state index contributed by atoms with van der Waals surface area (Å²) in [6, 6.07) is 3.82. The number of carbonyl (C=O) groups excluding carboxylic acids is 1. The number of hydrogen-bond acceptors (Lipinski definition) is 3. The van der Waals surface area contributed by atoms with Crippen molar-refractivity contribution in [2.75, 3.05) is 13.2 Å². The highest BCUT2D eigenvalue weighted by atomic mass is 79.9. The van der Waals surface area contributed by atoms with Gasteiger partial charge in [-0.1, -0.05) is 15.9 Å². The van der Waals surface area contributed by atoms with Gasteiger partial charge in [0, 0.05) is 17.1 Å². The summed E-state index contributed by atoms with van der Waals surface area (Å²) in [6.45, 7) is 3.42. The average Bonchev–Trinajstić information content (AvgIpc) is 2.37. The van der Waals surface area contributed by atoms with Gasteiger partial charge in [0.1, 0.15) is 0 Å². The lowest BCUT2D eigenvalue weighted by Gasteiger charge is -2.27. The Balaban J connectivity index is 2.64. The molecule has 7 heteroatoms. The number of hydrogen-bond donors (Lipinski definition) is 1. The van der Waals surface area contributed by atoms with Crippen LogP contribution < -0.4 is 4.74 Å². The van der Waals surface area contributed by atoms with E-state index in [-0.39, 0.29) is 24.7 Å². The summed E-state index contributed by atoms with van der Waals surface area (Å²) < 4.78 is 19.3. The summed E-state index contributed by atoms with van der Waals surface area (Å²) >= 11 is 3.13. The predicted octanol–water partition coefficient (Wildman–Crippen LogP) is 2.68. The Morgan fingerprint density at radius 1 is 1.48 bits per heavy atom. The summed E-state index contributed by atoms with van der Waals surface area (Å²) in [7, 11) is 0. The minimum atomic E-state index is -0.978. The van der Waals surface area contributed by atoms with E-state index in [1.54, 1.807) is 19.9 Å². The van der Waals surface area contributed by atoms with E-state index in [4.69, 9.17) is 9.84 Å². The lowest BCUT2D eigenvalue weighted by Crippen LogP contribution is -2.42. The molecule has 0 aliphatic rings. The third-order valence-electron chi connectivity index (χ3n) is 2.91. The third kappa shape index (κ3) is 5.34. The largest absolute Gasteiger partial charge is 0.481 e. The van der Waals surface area contributed by atoms with Crippen LogP contribution >= 0.6 is 15.9 Å². The van der Waals surface area contributed by atoms with Gasteiger partial charge in [-0.3, -0.25) is 9.59 Å². The first-order valence-corrected chi connectivity index (χ1v) is 7.23. The second-order valence-corrected chi connectivity index (χ2v) is 5.41. The Kier molecular flexibility index (Phi) is 6.61. The molecule has 1 unspecified atom stereocenters.